The molecule has 0 atom stereocenters. The zero-order valence-corrected chi connectivity index (χ0v) is 18.4. The maximum absolute atomic E-state index is 12.8. The van der Waals surface area contributed by atoms with E-state index in [1.54, 1.807) is 6.07 Å². The van der Waals surface area contributed by atoms with Crippen molar-refractivity contribution in [1.29, 1.82) is 0 Å². The van der Waals surface area contributed by atoms with Crippen LogP contribution in [-0.2, 0) is 28.7 Å². The van der Waals surface area contributed by atoms with Crippen LogP contribution in [-0.4, -0.2) is 18.1 Å². The Morgan fingerprint density at radius 1 is 1.00 bits per heavy atom. The van der Waals surface area contributed by atoms with Crippen LogP contribution in [0.2, 0.25) is 0 Å². The first-order chi connectivity index (χ1) is 16.2. The molecule has 0 amide bonds. The van der Waals surface area contributed by atoms with Gasteiger partial charge in [0.25, 0.3) is 0 Å². The Labute approximate surface area is 194 Å². The van der Waals surface area contributed by atoms with Gasteiger partial charge in [-0.1, -0.05) is 18.2 Å². The number of nitrogens with one attached hydrogen (secondary N) is 1. The van der Waals surface area contributed by atoms with Gasteiger partial charge in [0.15, 0.2) is 5.75 Å². The average molecular weight is 468 g/mol. The molecule has 176 valence electrons. The maximum Gasteiger partial charge on any atom is 0.416 e. The molecular weight excluding hydrogens is 445 g/mol. The molecular formula is C26H23F3N2O3. The molecule has 0 aliphatic carbocycles. The highest BCUT2D eigenvalue weighted by Gasteiger charge is 2.30. The molecule has 0 radical (unpaired) electrons. The summed E-state index contributed by atoms with van der Waals surface area (Å²) >= 11 is 0. The summed E-state index contributed by atoms with van der Waals surface area (Å²) < 4.78 is 49.3. The van der Waals surface area contributed by atoms with Crippen LogP contribution < -0.4 is 10.5 Å². The molecule has 0 aliphatic heterocycles. The highest BCUT2D eigenvalue weighted by atomic mass is 19.4. The van der Waals surface area contributed by atoms with E-state index in [4.69, 9.17) is 15.2 Å². The molecule has 1 aromatic heterocycles. The number of aromatic amines is 1. The lowest BCUT2D eigenvalue weighted by Crippen LogP contribution is -2.06. The number of hydrogen-bond donors (Lipinski definition) is 2. The Hall–Kier alpha value is -3.94. The fraction of sp³-hybridized carbons (Fsp3) is 0.192. The highest BCUT2D eigenvalue weighted by Crippen LogP contribution is 2.38. The van der Waals surface area contributed by atoms with Crippen LogP contribution in [0.25, 0.3) is 22.0 Å². The van der Waals surface area contributed by atoms with E-state index in [0.29, 0.717) is 23.4 Å². The Morgan fingerprint density at radius 2 is 1.76 bits per heavy atom. The summed E-state index contributed by atoms with van der Waals surface area (Å²) in [5.41, 5.74) is 9.99. The van der Waals surface area contributed by atoms with Crippen LogP contribution in [0.5, 0.6) is 5.75 Å². The summed E-state index contributed by atoms with van der Waals surface area (Å²) in [5, 5.41) is 1.00. The van der Waals surface area contributed by atoms with E-state index in [2.05, 4.69) is 4.98 Å². The zero-order valence-electron chi connectivity index (χ0n) is 18.4. The fourth-order valence-electron chi connectivity index (χ4n) is 3.75. The van der Waals surface area contributed by atoms with E-state index < -0.39 is 11.7 Å². The topological polar surface area (TPSA) is 77.3 Å². The smallest absolute Gasteiger partial charge is 0.416 e. The van der Waals surface area contributed by atoms with Gasteiger partial charge in [-0.15, -0.1) is 0 Å². The van der Waals surface area contributed by atoms with Gasteiger partial charge in [0.2, 0.25) is 0 Å². The van der Waals surface area contributed by atoms with Crippen molar-refractivity contribution in [3.05, 3.63) is 83.6 Å². The number of ether oxygens (including phenoxy) is 2. The van der Waals surface area contributed by atoms with Gasteiger partial charge in [-0.25, -0.2) is 0 Å². The number of benzene rings is 3. The standard InChI is InChI=1S/C26H23F3N2O3/c1-33-24(32)9-4-17-12-21(18-5-8-23-19(14-18)10-11-31-23)25(22(30)13-17)34-15-16-2-6-20(7-3-16)26(27,28)29/h2-3,5-8,10-14,31H,4,9,15,30H2,1H3. The van der Waals surface area contributed by atoms with E-state index in [1.165, 1.54) is 19.2 Å². The van der Waals surface area contributed by atoms with Crippen molar-refractivity contribution in [1.82, 2.24) is 4.98 Å². The molecule has 0 spiro atoms. The second-order valence-electron chi connectivity index (χ2n) is 7.90. The number of fused-ring (bicyclic) bond motifs is 1. The molecule has 4 aromatic rings. The fourth-order valence-corrected chi connectivity index (χ4v) is 3.75. The molecule has 3 aromatic carbocycles. The van der Waals surface area contributed by atoms with Gasteiger partial charge in [-0.3, -0.25) is 4.79 Å². The van der Waals surface area contributed by atoms with Crippen molar-refractivity contribution in [3.63, 3.8) is 0 Å². The van der Waals surface area contributed by atoms with Crippen LogP contribution in [0.1, 0.15) is 23.1 Å². The molecule has 0 saturated heterocycles. The second-order valence-corrected chi connectivity index (χ2v) is 7.90. The number of H-pyrrole nitrogens is 1. The van der Waals surface area contributed by atoms with Crippen molar-refractivity contribution < 1.29 is 27.4 Å². The van der Waals surface area contributed by atoms with Crippen molar-refractivity contribution in [3.8, 4) is 16.9 Å². The number of carbonyl (C=O) groups is 1. The van der Waals surface area contributed by atoms with Crippen molar-refractivity contribution >= 4 is 22.6 Å². The van der Waals surface area contributed by atoms with Crippen LogP contribution in [0.3, 0.4) is 0 Å². The predicted molar refractivity (Wildman–Crippen MR) is 124 cm³/mol. The number of aromatic nitrogens is 1. The number of hydrogen-bond acceptors (Lipinski definition) is 4. The van der Waals surface area contributed by atoms with Crippen LogP contribution >= 0.6 is 0 Å². The molecule has 4 rings (SSSR count). The lowest BCUT2D eigenvalue weighted by Gasteiger charge is -2.17. The molecule has 0 aliphatic rings. The molecule has 8 heteroatoms. The normalized spacial score (nSPS) is 11.5. The Kier molecular flexibility index (Phi) is 6.49. The average Bonchev–Trinajstić information content (AvgIpc) is 3.29. The van der Waals surface area contributed by atoms with Crippen molar-refractivity contribution in [2.75, 3.05) is 12.8 Å². The van der Waals surface area contributed by atoms with E-state index in [0.717, 1.165) is 39.7 Å². The van der Waals surface area contributed by atoms with E-state index in [-0.39, 0.29) is 19.0 Å². The Morgan fingerprint density at radius 3 is 2.47 bits per heavy atom. The molecule has 34 heavy (non-hydrogen) atoms. The minimum absolute atomic E-state index is 0.0449. The molecule has 0 saturated carbocycles. The SMILES string of the molecule is COC(=O)CCc1cc(N)c(OCc2ccc(C(F)(F)F)cc2)c(-c2ccc3[nH]ccc3c2)c1. The zero-order chi connectivity index (χ0) is 24.3. The van der Waals surface area contributed by atoms with Crippen LogP contribution in [0.4, 0.5) is 18.9 Å². The van der Waals surface area contributed by atoms with Gasteiger partial charge in [0.05, 0.1) is 18.4 Å². The van der Waals surface area contributed by atoms with E-state index in [1.807, 2.05) is 36.5 Å². The number of anilines is 1. The summed E-state index contributed by atoms with van der Waals surface area (Å²) in [4.78, 5) is 14.8. The summed E-state index contributed by atoms with van der Waals surface area (Å²) in [7, 11) is 1.34. The molecule has 5 nitrogen and oxygen atoms in total. The number of nitrogen functional groups attached to an aromatic ring is 1. The quantitative estimate of drug-likeness (QED) is 0.253. The molecule has 1 heterocycles. The number of carbonyl (C=O) groups excluding carboxylic acids is 1. The van der Waals surface area contributed by atoms with Crippen molar-refractivity contribution in [2.45, 2.75) is 25.6 Å². The van der Waals surface area contributed by atoms with Gasteiger partial charge in [0, 0.05) is 23.7 Å². The molecule has 0 fully saturated rings. The second kappa shape index (κ2) is 9.51. The summed E-state index contributed by atoms with van der Waals surface area (Å²) in [5.74, 6) is 0.105. The number of nitrogens with two attached hydrogens (primary N) is 1. The van der Waals surface area contributed by atoms with Gasteiger partial charge in [0.1, 0.15) is 6.61 Å². The Bertz CT molecular complexity index is 1310. The van der Waals surface area contributed by atoms with Crippen LogP contribution in [0.15, 0.2) is 66.9 Å². The number of methoxy groups -OCH3 is 1. The predicted octanol–water partition coefficient (Wildman–Crippen LogP) is 6.12. The lowest BCUT2D eigenvalue weighted by molar-refractivity contribution is -0.140. The Balaban J connectivity index is 1.66. The summed E-state index contributed by atoms with van der Waals surface area (Å²) in [6.45, 7) is 0.0449. The van der Waals surface area contributed by atoms with E-state index >= 15 is 0 Å². The van der Waals surface area contributed by atoms with Gasteiger partial charge in [-0.05, 0) is 71.0 Å². The number of halogens is 3. The largest absolute Gasteiger partial charge is 0.486 e. The van der Waals surface area contributed by atoms with E-state index in [9.17, 15) is 18.0 Å². The number of alkyl halides is 3. The molecule has 0 unspecified atom stereocenters. The lowest BCUT2D eigenvalue weighted by atomic mass is 9.97. The first kappa shape index (κ1) is 23.2. The minimum atomic E-state index is -4.39. The summed E-state index contributed by atoms with van der Waals surface area (Å²) in [6, 6.07) is 16.3. The third-order valence-electron chi connectivity index (χ3n) is 5.55. The molecule has 0 bridgehead atoms. The monoisotopic (exact) mass is 468 g/mol. The number of rotatable bonds is 7. The number of esters is 1. The first-order valence-corrected chi connectivity index (χ1v) is 10.6. The third-order valence-corrected chi connectivity index (χ3v) is 5.55. The minimum Gasteiger partial charge on any atom is -0.486 e. The maximum atomic E-state index is 12.8. The first-order valence-electron chi connectivity index (χ1n) is 10.6. The van der Waals surface area contributed by atoms with Gasteiger partial charge >= 0.3 is 12.1 Å². The summed E-state index contributed by atoms with van der Waals surface area (Å²) in [6.07, 6.45) is -1.90. The van der Waals surface area contributed by atoms with Gasteiger partial charge < -0.3 is 20.2 Å². The highest BCUT2D eigenvalue weighted by molar-refractivity contribution is 5.88. The number of aryl methyl sites for hydroxylation is 1. The molecule has 3 N–H and O–H groups in total. The third kappa shape index (κ3) is 5.17. The van der Waals surface area contributed by atoms with Crippen LogP contribution in [0, 0.1) is 0 Å². The van der Waals surface area contributed by atoms with Crippen molar-refractivity contribution in [2.24, 2.45) is 0 Å². The van der Waals surface area contributed by atoms with Gasteiger partial charge in [-0.2, -0.15) is 13.2 Å².